The second kappa shape index (κ2) is 9.98. The van der Waals surface area contributed by atoms with E-state index in [0.717, 1.165) is 0 Å². The lowest BCUT2D eigenvalue weighted by Gasteiger charge is -2.12. The van der Waals surface area contributed by atoms with Crippen LogP contribution in [0.25, 0.3) is 5.69 Å². The third-order valence-corrected chi connectivity index (χ3v) is 6.67. The van der Waals surface area contributed by atoms with E-state index < -0.39 is 21.7 Å². The fraction of sp³-hybridized carbons (Fsp3) is 0.120. The van der Waals surface area contributed by atoms with Crippen molar-refractivity contribution in [2.75, 3.05) is 11.8 Å². The number of nitrogens with one attached hydrogen (secondary N) is 2. The van der Waals surface area contributed by atoms with Crippen molar-refractivity contribution >= 4 is 21.6 Å². The van der Waals surface area contributed by atoms with Gasteiger partial charge in [-0.3, -0.25) is 9.52 Å². The minimum Gasteiger partial charge on any atom is -0.495 e. The molecule has 8 nitrogen and oxygen atoms in total. The highest BCUT2D eigenvalue weighted by Crippen LogP contribution is 2.26. The summed E-state index contributed by atoms with van der Waals surface area (Å²) in [5, 5.41) is 2.69. The molecule has 0 saturated carbocycles. The molecule has 0 radical (unpaired) electrons. The summed E-state index contributed by atoms with van der Waals surface area (Å²) in [7, 11) is -2.53. The van der Waals surface area contributed by atoms with Gasteiger partial charge < -0.3 is 14.6 Å². The number of ether oxygens (including phenoxy) is 1. The van der Waals surface area contributed by atoms with E-state index in [9.17, 15) is 17.6 Å². The molecule has 10 heteroatoms. The van der Waals surface area contributed by atoms with E-state index in [1.807, 2.05) is 0 Å². The molecular weight excluding hydrogens is 471 g/mol. The third-order valence-electron chi connectivity index (χ3n) is 5.31. The number of para-hydroxylation sites is 2. The fourth-order valence-electron chi connectivity index (χ4n) is 3.51. The molecule has 4 aromatic rings. The number of nitrogens with zero attached hydrogens (tertiary/aromatic N) is 2. The average Bonchev–Trinajstić information content (AvgIpc) is 3.28. The first-order chi connectivity index (χ1) is 16.8. The molecule has 180 valence electrons. The van der Waals surface area contributed by atoms with Gasteiger partial charge in [-0.2, -0.15) is 0 Å². The standard InChI is InChI=1S/C25H23FN4O4S/c1-17-27-12-13-30(17)23-11-10-18(14-21(23)26)16-28-25(31)19-6-5-7-20(15-19)35(32,33)29-22-8-3-4-9-24(22)34-2/h3-15,29H,16H2,1-2H3,(H,28,31). The Balaban J connectivity index is 1.46. The van der Waals surface area contributed by atoms with Crippen LogP contribution in [0.1, 0.15) is 21.7 Å². The number of hydrogen-bond donors (Lipinski definition) is 2. The van der Waals surface area contributed by atoms with E-state index in [-0.39, 0.29) is 22.7 Å². The summed E-state index contributed by atoms with van der Waals surface area (Å²) < 4.78 is 49.6. The number of benzene rings is 3. The monoisotopic (exact) mass is 494 g/mol. The number of carbonyl (C=O) groups is 1. The fourth-order valence-corrected chi connectivity index (χ4v) is 4.63. The first-order valence-electron chi connectivity index (χ1n) is 10.6. The van der Waals surface area contributed by atoms with Gasteiger partial charge in [-0.05, 0) is 55.0 Å². The molecule has 0 saturated heterocycles. The zero-order chi connectivity index (χ0) is 25.0. The molecule has 0 unspecified atom stereocenters. The molecule has 3 aromatic carbocycles. The zero-order valence-electron chi connectivity index (χ0n) is 19.0. The first-order valence-corrected chi connectivity index (χ1v) is 12.1. The van der Waals surface area contributed by atoms with Gasteiger partial charge >= 0.3 is 0 Å². The Morgan fingerprint density at radius 2 is 1.89 bits per heavy atom. The summed E-state index contributed by atoms with van der Waals surface area (Å²) in [6.07, 6.45) is 3.25. The van der Waals surface area contributed by atoms with E-state index in [2.05, 4.69) is 15.0 Å². The Hall–Kier alpha value is -4.18. The van der Waals surface area contributed by atoms with Crippen LogP contribution in [0.3, 0.4) is 0 Å². The second-order valence-corrected chi connectivity index (χ2v) is 9.33. The van der Waals surface area contributed by atoms with Gasteiger partial charge in [0.2, 0.25) is 0 Å². The van der Waals surface area contributed by atoms with Crippen molar-refractivity contribution in [3.8, 4) is 11.4 Å². The number of hydrogen-bond acceptors (Lipinski definition) is 5. The number of aryl methyl sites for hydroxylation is 1. The maximum atomic E-state index is 14.6. The second-order valence-electron chi connectivity index (χ2n) is 7.65. The molecule has 0 aliphatic rings. The van der Waals surface area contributed by atoms with Gasteiger partial charge in [0.05, 0.1) is 23.4 Å². The highest BCUT2D eigenvalue weighted by molar-refractivity contribution is 7.92. The van der Waals surface area contributed by atoms with E-state index in [1.54, 1.807) is 60.3 Å². The van der Waals surface area contributed by atoms with Crippen molar-refractivity contribution in [3.63, 3.8) is 0 Å². The predicted octanol–water partition coefficient (Wildman–Crippen LogP) is 4.06. The number of carbonyl (C=O) groups excluding carboxylic acids is 1. The molecule has 0 fully saturated rings. The Labute approximate surface area is 202 Å². The number of anilines is 1. The number of rotatable bonds is 8. The van der Waals surface area contributed by atoms with E-state index in [0.29, 0.717) is 22.8 Å². The quantitative estimate of drug-likeness (QED) is 0.385. The lowest BCUT2D eigenvalue weighted by molar-refractivity contribution is 0.0950. The number of halogens is 1. The molecule has 35 heavy (non-hydrogen) atoms. The molecular formula is C25H23FN4O4S. The molecule has 0 bridgehead atoms. The largest absolute Gasteiger partial charge is 0.495 e. The lowest BCUT2D eigenvalue weighted by Crippen LogP contribution is -2.23. The van der Waals surface area contributed by atoms with Crippen LogP contribution < -0.4 is 14.8 Å². The van der Waals surface area contributed by atoms with Gasteiger partial charge in [-0.1, -0.05) is 24.3 Å². The molecule has 2 N–H and O–H groups in total. The van der Waals surface area contributed by atoms with Crippen LogP contribution in [0, 0.1) is 12.7 Å². The summed E-state index contributed by atoms with van der Waals surface area (Å²) in [6.45, 7) is 1.84. The van der Waals surface area contributed by atoms with Crippen LogP contribution in [0.15, 0.2) is 84.0 Å². The Bertz CT molecular complexity index is 1480. The van der Waals surface area contributed by atoms with Gasteiger partial charge in [-0.15, -0.1) is 0 Å². The SMILES string of the molecule is COc1ccccc1NS(=O)(=O)c1cccc(C(=O)NCc2ccc(-n3ccnc3C)c(F)c2)c1. The van der Waals surface area contributed by atoms with Crippen LogP contribution in [-0.4, -0.2) is 31.0 Å². The van der Waals surface area contributed by atoms with Crippen LogP contribution in [0.5, 0.6) is 5.75 Å². The molecule has 1 heterocycles. The number of amides is 1. The summed E-state index contributed by atoms with van der Waals surface area (Å²) in [5.41, 5.74) is 1.34. The normalized spacial score (nSPS) is 11.2. The summed E-state index contributed by atoms with van der Waals surface area (Å²) in [4.78, 5) is 16.7. The van der Waals surface area contributed by atoms with Crippen LogP contribution in [0.4, 0.5) is 10.1 Å². The van der Waals surface area contributed by atoms with E-state index in [1.165, 1.54) is 37.4 Å². The van der Waals surface area contributed by atoms with Crippen LogP contribution in [-0.2, 0) is 16.6 Å². The minimum atomic E-state index is -3.97. The number of aromatic nitrogens is 2. The zero-order valence-corrected chi connectivity index (χ0v) is 19.8. The highest BCUT2D eigenvalue weighted by Gasteiger charge is 2.18. The minimum absolute atomic E-state index is 0.0649. The van der Waals surface area contributed by atoms with Gasteiger partial charge in [0.15, 0.2) is 0 Å². The van der Waals surface area contributed by atoms with E-state index in [4.69, 9.17) is 4.74 Å². The van der Waals surface area contributed by atoms with Crippen molar-refractivity contribution in [2.45, 2.75) is 18.4 Å². The maximum Gasteiger partial charge on any atom is 0.262 e. The predicted molar refractivity (Wildman–Crippen MR) is 130 cm³/mol. The van der Waals surface area contributed by atoms with Crippen molar-refractivity contribution in [1.82, 2.24) is 14.9 Å². The topological polar surface area (TPSA) is 102 Å². The third kappa shape index (κ3) is 5.33. The molecule has 0 spiro atoms. The smallest absolute Gasteiger partial charge is 0.262 e. The molecule has 0 aliphatic carbocycles. The van der Waals surface area contributed by atoms with Crippen molar-refractivity contribution in [1.29, 1.82) is 0 Å². The Kier molecular flexibility index (Phi) is 6.83. The molecule has 4 rings (SSSR count). The van der Waals surface area contributed by atoms with E-state index >= 15 is 0 Å². The molecule has 1 aromatic heterocycles. The molecule has 1 amide bonds. The van der Waals surface area contributed by atoms with Gasteiger partial charge in [-0.25, -0.2) is 17.8 Å². The highest BCUT2D eigenvalue weighted by atomic mass is 32.2. The van der Waals surface area contributed by atoms with Crippen molar-refractivity contribution < 1.29 is 22.3 Å². The summed E-state index contributed by atoms with van der Waals surface area (Å²) >= 11 is 0. The summed E-state index contributed by atoms with van der Waals surface area (Å²) in [6, 6.07) is 16.9. The maximum absolute atomic E-state index is 14.6. The molecule has 0 atom stereocenters. The Morgan fingerprint density at radius 1 is 1.09 bits per heavy atom. The summed E-state index contributed by atoms with van der Waals surface area (Å²) in [5.74, 6) is 0.0778. The Morgan fingerprint density at radius 3 is 2.60 bits per heavy atom. The van der Waals surface area contributed by atoms with Gasteiger partial charge in [0.1, 0.15) is 17.4 Å². The first kappa shape index (κ1) is 24.0. The lowest BCUT2D eigenvalue weighted by atomic mass is 10.1. The van der Waals surface area contributed by atoms with Crippen LogP contribution >= 0.6 is 0 Å². The average molecular weight is 495 g/mol. The van der Waals surface area contributed by atoms with Gasteiger partial charge in [0.25, 0.3) is 15.9 Å². The number of sulfonamides is 1. The van der Waals surface area contributed by atoms with Crippen molar-refractivity contribution in [3.05, 3.63) is 102 Å². The number of imidazole rings is 1. The molecule has 0 aliphatic heterocycles. The number of methoxy groups -OCH3 is 1. The van der Waals surface area contributed by atoms with Crippen LogP contribution in [0.2, 0.25) is 0 Å². The van der Waals surface area contributed by atoms with Gasteiger partial charge in [0, 0.05) is 24.5 Å². The van der Waals surface area contributed by atoms with Crippen molar-refractivity contribution in [2.24, 2.45) is 0 Å².